The molecule has 2 N–H and O–H groups in total. The summed E-state index contributed by atoms with van der Waals surface area (Å²) in [6.07, 6.45) is 1.61. The van der Waals surface area contributed by atoms with Gasteiger partial charge < -0.3 is 24.4 Å². The van der Waals surface area contributed by atoms with E-state index in [-0.39, 0.29) is 48.2 Å². The van der Waals surface area contributed by atoms with Gasteiger partial charge in [-0.25, -0.2) is 9.78 Å². The highest BCUT2D eigenvalue weighted by Gasteiger charge is 2.39. The Balaban J connectivity index is 1.29. The normalized spacial score (nSPS) is 22.0. The average molecular weight is 512 g/mol. The van der Waals surface area contributed by atoms with Gasteiger partial charge in [0.25, 0.3) is 5.91 Å². The Hall–Kier alpha value is -3.51. The van der Waals surface area contributed by atoms with Crippen molar-refractivity contribution in [1.82, 2.24) is 20.5 Å². The summed E-state index contributed by atoms with van der Waals surface area (Å²) in [4.78, 5) is 34.5. The maximum Gasteiger partial charge on any atom is 0.329 e. The van der Waals surface area contributed by atoms with Crippen LogP contribution in [0.15, 0.2) is 24.3 Å². The molecule has 3 aliphatic heterocycles. The van der Waals surface area contributed by atoms with Crippen molar-refractivity contribution in [2.45, 2.75) is 64.5 Å². The van der Waals surface area contributed by atoms with Crippen LogP contribution in [0.25, 0.3) is 0 Å². The molecule has 0 saturated carbocycles. The molecule has 0 radical (unpaired) electrons. The molecular formula is C25H33N7O5. The number of ether oxygens (including phenoxy) is 3. The number of carbonyl (C=O) groups excluding carboxylic acids is 2. The first-order chi connectivity index (χ1) is 17.7. The highest BCUT2D eigenvalue weighted by Crippen LogP contribution is 2.38. The second-order valence-corrected chi connectivity index (χ2v) is 10.2. The summed E-state index contributed by atoms with van der Waals surface area (Å²) in [5.41, 5.74) is 1.11. The number of anilines is 3. The van der Waals surface area contributed by atoms with Crippen LogP contribution in [-0.2, 0) is 9.47 Å². The predicted molar refractivity (Wildman–Crippen MR) is 136 cm³/mol. The van der Waals surface area contributed by atoms with Crippen LogP contribution in [0.4, 0.5) is 22.1 Å². The summed E-state index contributed by atoms with van der Waals surface area (Å²) in [6, 6.07) is 6.39. The third-order valence-electron chi connectivity index (χ3n) is 6.42. The number of hydrogen-bond acceptors (Lipinski definition) is 9. The number of fused-ring (bicyclic) bond motifs is 4. The van der Waals surface area contributed by atoms with Gasteiger partial charge in [0.1, 0.15) is 18.4 Å². The van der Waals surface area contributed by atoms with Crippen LogP contribution < -0.4 is 25.2 Å². The largest absolute Gasteiger partial charge is 0.474 e. The van der Waals surface area contributed by atoms with Gasteiger partial charge in [0, 0.05) is 25.2 Å². The van der Waals surface area contributed by atoms with E-state index in [1.807, 2.05) is 33.8 Å². The molecule has 2 aromatic rings. The first-order valence-corrected chi connectivity index (χ1v) is 12.6. The molecule has 5 rings (SSSR count). The first-order valence-electron chi connectivity index (χ1n) is 12.6. The van der Waals surface area contributed by atoms with Gasteiger partial charge in [-0.05, 0) is 58.7 Å². The minimum Gasteiger partial charge on any atom is -0.474 e. The molecule has 12 nitrogen and oxygen atoms in total. The summed E-state index contributed by atoms with van der Waals surface area (Å²) in [7, 11) is 0. The Morgan fingerprint density at radius 3 is 2.76 bits per heavy atom. The third kappa shape index (κ3) is 5.59. The molecule has 2 bridgehead atoms. The predicted octanol–water partition coefficient (Wildman–Crippen LogP) is 2.56. The van der Waals surface area contributed by atoms with E-state index in [2.05, 4.69) is 30.7 Å². The van der Waals surface area contributed by atoms with Crippen LogP contribution in [0.1, 0.15) is 51.0 Å². The fourth-order valence-corrected chi connectivity index (χ4v) is 4.80. The summed E-state index contributed by atoms with van der Waals surface area (Å²) < 4.78 is 16.9. The lowest BCUT2D eigenvalue weighted by molar-refractivity contribution is -0.141. The van der Waals surface area contributed by atoms with Gasteiger partial charge in [-0.1, -0.05) is 0 Å². The third-order valence-corrected chi connectivity index (χ3v) is 6.42. The Labute approximate surface area is 215 Å². The van der Waals surface area contributed by atoms with E-state index in [0.29, 0.717) is 24.8 Å². The fourth-order valence-electron chi connectivity index (χ4n) is 4.80. The average Bonchev–Trinajstić information content (AvgIpc) is 3.21. The van der Waals surface area contributed by atoms with Crippen LogP contribution in [0.5, 0.6) is 5.88 Å². The van der Waals surface area contributed by atoms with E-state index in [4.69, 9.17) is 14.2 Å². The van der Waals surface area contributed by atoms with Gasteiger partial charge in [0.2, 0.25) is 5.88 Å². The van der Waals surface area contributed by atoms with Crippen LogP contribution >= 0.6 is 0 Å². The van der Waals surface area contributed by atoms with Crippen molar-refractivity contribution in [3.8, 4) is 5.88 Å². The van der Waals surface area contributed by atoms with Gasteiger partial charge in [-0.15, -0.1) is 10.2 Å². The number of nitrogens with one attached hydrogen (secondary N) is 2. The summed E-state index contributed by atoms with van der Waals surface area (Å²) in [5, 5.41) is 13.9. The molecule has 12 heteroatoms. The van der Waals surface area contributed by atoms with Gasteiger partial charge in [-0.2, -0.15) is 0 Å². The lowest BCUT2D eigenvalue weighted by atomic mass is 10.00. The number of aromatic nitrogens is 3. The molecular weight excluding hydrogens is 478 g/mol. The van der Waals surface area contributed by atoms with Crippen LogP contribution in [0.2, 0.25) is 0 Å². The van der Waals surface area contributed by atoms with E-state index in [9.17, 15) is 9.59 Å². The molecule has 37 heavy (non-hydrogen) atoms. The van der Waals surface area contributed by atoms with Gasteiger partial charge >= 0.3 is 6.03 Å². The number of amides is 3. The first kappa shape index (κ1) is 25.2. The Kier molecular flexibility index (Phi) is 6.86. The van der Waals surface area contributed by atoms with E-state index in [1.54, 1.807) is 23.1 Å². The van der Waals surface area contributed by atoms with E-state index >= 15 is 0 Å². The SMILES string of the molecule is CC(C)NC(=O)c1ccc2c(n1)N(C(=O)Nc1ccc(OC[C@H]3COC(C)(C)O3)nn1)[C@H]1CCCN2C1. The van der Waals surface area contributed by atoms with E-state index in [1.165, 1.54) is 0 Å². The second kappa shape index (κ2) is 10.1. The maximum atomic E-state index is 13.5. The van der Waals surface area contributed by atoms with Gasteiger partial charge in [0.05, 0.1) is 18.3 Å². The van der Waals surface area contributed by atoms with Crippen molar-refractivity contribution in [1.29, 1.82) is 0 Å². The van der Waals surface area contributed by atoms with Gasteiger partial charge in [-0.3, -0.25) is 15.0 Å². The molecule has 0 aliphatic carbocycles. The van der Waals surface area contributed by atoms with E-state index in [0.717, 1.165) is 25.1 Å². The molecule has 3 aliphatic rings. The molecule has 3 amide bonds. The zero-order chi connectivity index (χ0) is 26.2. The zero-order valence-corrected chi connectivity index (χ0v) is 21.6. The van der Waals surface area contributed by atoms with Crippen molar-refractivity contribution < 1.29 is 23.8 Å². The van der Waals surface area contributed by atoms with Crippen molar-refractivity contribution in [3.05, 3.63) is 30.0 Å². The number of piperidine rings is 1. The Morgan fingerprint density at radius 1 is 1.22 bits per heavy atom. The Morgan fingerprint density at radius 2 is 2.05 bits per heavy atom. The van der Waals surface area contributed by atoms with Crippen molar-refractivity contribution in [2.24, 2.45) is 0 Å². The highest BCUT2D eigenvalue weighted by molar-refractivity contribution is 6.04. The second-order valence-electron chi connectivity index (χ2n) is 10.2. The topological polar surface area (TPSA) is 131 Å². The number of rotatable bonds is 6. The number of pyridine rings is 1. The Bertz CT molecular complexity index is 1160. The molecule has 198 valence electrons. The summed E-state index contributed by atoms with van der Waals surface area (Å²) >= 11 is 0. The standard InChI is InChI=1S/C25H33N7O5/c1-15(2)26-23(33)18-7-8-19-22(27-18)32(16-6-5-11-31(19)12-16)24(34)28-20-9-10-21(30-29-20)35-13-17-14-36-25(3,4)37-17/h7-10,15-17H,5-6,11-14H2,1-4H3,(H,26,33)(H,28,29,34)/t16-,17-/m0/s1. The summed E-state index contributed by atoms with van der Waals surface area (Å²) in [5.74, 6) is 0.180. The quantitative estimate of drug-likeness (QED) is 0.601. The lowest BCUT2D eigenvalue weighted by Crippen LogP contribution is -2.56. The minimum absolute atomic E-state index is 0.0238. The number of hydrogen-bond donors (Lipinski definition) is 2. The zero-order valence-electron chi connectivity index (χ0n) is 21.6. The summed E-state index contributed by atoms with van der Waals surface area (Å²) in [6.45, 7) is 9.81. The number of nitrogens with zero attached hydrogens (tertiary/aromatic N) is 5. The molecule has 0 aromatic carbocycles. The molecule has 0 spiro atoms. The minimum atomic E-state index is -0.621. The monoisotopic (exact) mass is 511 g/mol. The molecule has 2 fully saturated rings. The van der Waals surface area contributed by atoms with Crippen LogP contribution in [-0.4, -0.2) is 77.4 Å². The van der Waals surface area contributed by atoms with Crippen LogP contribution in [0.3, 0.4) is 0 Å². The molecule has 2 saturated heterocycles. The highest BCUT2D eigenvalue weighted by atomic mass is 16.7. The van der Waals surface area contributed by atoms with Crippen molar-refractivity contribution in [3.63, 3.8) is 0 Å². The number of carbonyl (C=O) groups is 2. The van der Waals surface area contributed by atoms with Gasteiger partial charge in [0.15, 0.2) is 17.4 Å². The molecule has 2 aromatic heterocycles. The number of urea groups is 1. The molecule has 2 atom stereocenters. The van der Waals surface area contributed by atoms with Crippen LogP contribution in [0, 0.1) is 0 Å². The lowest BCUT2D eigenvalue weighted by Gasteiger charge is -2.45. The molecule has 5 heterocycles. The van der Waals surface area contributed by atoms with Crippen molar-refractivity contribution >= 4 is 29.3 Å². The smallest absolute Gasteiger partial charge is 0.329 e. The van der Waals surface area contributed by atoms with Crippen molar-refractivity contribution in [2.75, 3.05) is 41.4 Å². The fraction of sp³-hybridized carbons (Fsp3) is 0.560. The molecule has 0 unspecified atom stereocenters. The van der Waals surface area contributed by atoms with E-state index < -0.39 is 5.79 Å². The maximum absolute atomic E-state index is 13.5.